The fourth-order valence-corrected chi connectivity index (χ4v) is 14.3. The Labute approximate surface area is 134 Å². The monoisotopic (exact) mass is 335 g/mol. The Morgan fingerprint density at radius 1 is 0.762 bits per heavy atom. The van der Waals surface area contributed by atoms with Crippen molar-refractivity contribution in [2.45, 2.75) is 65.1 Å². The largest absolute Gasteiger partial charge is 0.514 e. The summed E-state index contributed by atoms with van der Waals surface area (Å²) in [6.07, 6.45) is 0.785. The summed E-state index contributed by atoms with van der Waals surface area (Å²) in [4.78, 5) is 0. The molecule has 0 amide bonds. The Kier molecular flexibility index (Phi) is 8.90. The minimum absolute atomic E-state index is 0.676. The van der Waals surface area contributed by atoms with Gasteiger partial charge in [-0.25, -0.2) is 0 Å². The number of hydrogen-bond acceptors (Lipinski definition) is 4. The second-order valence-corrected chi connectivity index (χ2v) is 15.4. The molecule has 0 aliphatic heterocycles. The van der Waals surface area contributed by atoms with E-state index in [1.54, 1.807) is 21.3 Å². The molecule has 0 aromatic rings. The SMILES string of the molecule is CCN(C[Si](OC)(OC)OC)[Si](C(C)C)(C(C)C)C(C)C. The Bertz CT molecular complexity index is 265. The van der Waals surface area contributed by atoms with Crippen molar-refractivity contribution in [1.29, 1.82) is 0 Å². The van der Waals surface area contributed by atoms with E-state index < -0.39 is 17.0 Å². The van der Waals surface area contributed by atoms with Gasteiger partial charge in [-0.1, -0.05) is 48.5 Å². The number of rotatable bonds is 10. The highest BCUT2D eigenvalue weighted by molar-refractivity contribution is 6.81. The fraction of sp³-hybridized carbons (Fsp3) is 1.00. The van der Waals surface area contributed by atoms with Crippen LogP contribution in [-0.2, 0) is 13.3 Å². The Hall–Kier alpha value is 0.274. The van der Waals surface area contributed by atoms with Crippen molar-refractivity contribution in [1.82, 2.24) is 4.57 Å². The van der Waals surface area contributed by atoms with Crippen molar-refractivity contribution in [2.75, 3.05) is 34.0 Å². The van der Waals surface area contributed by atoms with Crippen LogP contribution in [0.25, 0.3) is 0 Å². The Morgan fingerprint density at radius 2 is 1.10 bits per heavy atom. The summed E-state index contributed by atoms with van der Waals surface area (Å²) in [5.74, 6) is 0. The predicted molar refractivity (Wildman–Crippen MR) is 95.1 cm³/mol. The average molecular weight is 336 g/mol. The zero-order valence-corrected chi connectivity index (χ0v) is 17.8. The van der Waals surface area contributed by atoms with Gasteiger partial charge in [-0.2, -0.15) is 0 Å². The summed E-state index contributed by atoms with van der Waals surface area (Å²) in [7, 11) is 0.839. The van der Waals surface area contributed by atoms with E-state index in [1.165, 1.54) is 0 Å². The summed E-state index contributed by atoms with van der Waals surface area (Å²) in [5, 5.41) is 0. The maximum absolute atomic E-state index is 5.68. The second kappa shape index (κ2) is 8.79. The van der Waals surface area contributed by atoms with Gasteiger partial charge in [0.2, 0.25) is 0 Å². The summed E-state index contributed by atoms with van der Waals surface area (Å²) in [5.41, 5.74) is 2.03. The lowest BCUT2D eigenvalue weighted by atomic mass is 10.5. The van der Waals surface area contributed by atoms with Gasteiger partial charge >= 0.3 is 8.80 Å². The maximum atomic E-state index is 5.68. The van der Waals surface area contributed by atoms with Crippen LogP contribution in [0.4, 0.5) is 0 Å². The highest BCUT2D eigenvalue weighted by Crippen LogP contribution is 2.44. The predicted octanol–water partition coefficient (Wildman–Crippen LogP) is 3.90. The van der Waals surface area contributed by atoms with E-state index in [9.17, 15) is 0 Å². The van der Waals surface area contributed by atoms with E-state index in [0.29, 0.717) is 16.6 Å². The molecule has 0 N–H and O–H groups in total. The molecule has 0 spiro atoms. The van der Waals surface area contributed by atoms with Gasteiger partial charge < -0.3 is 17.8 Å². The minimum Gasteiger partial charge on any atom is -0.376 e. The van der Waals surface area contributed by atoms with Crippen LogP contribution in [0.3, 0.4) is 0 Å². The molecule has 0 aliphatic rings. The Balaban J connectivity index is 5.73. The standard InChI is InChI=1S/C15H37NO3Si2/c1-11-16(12-20(17-8,18-9)19-10)21(13(2)3,14(4)5)15(6)7/h13-15H,11-12H2,1-10H3. The summed E-state index contributed by atoms with van der Waals surface area (Å²) < 4.78 is 19.7. The molecule has 128 valence electrons. The molecule has 0 atom stereocenters. The topological polar surface area (TPSA) is 30.9 Å². The van der Waals surface area contributed by atoms with Crippen molar-refractivity contribution in [2.24, 2.45) is 0 Å². The molecule has 0 fully saturated rings. The van der Waals surface area contributed by atoms with Gasteiger partial charge in [0.05, 0.1) is 6.17 Å². The van der Waals surface area contributed by atoms with Gasteiger partial charge in [0, 0.05) is 21.3 Å². The molecule has 0 bridgehead atoms. The van der Waals surface area contributed by atoms with E-state index in [2.05, 4.69) is 53.0 Å². The van der Waals surface area contributed by atoms with Crippen LogP contribution in [0.1, 0.15) is 48.5 Å². The third-order valence-electron chi connectivity index (χ3n) is 5.02. The van der Waals surface area contributed by atoms with Gasteiger partial charge in [0.25, 0.3) is 0 Å². The molecule has 0 aliphatic carbocycles. The van der Waals surface area contributed by atoms with Crippen LogP contribution >= 0.6 is 0 Å². The quantitative estimate of drug-likeness (QED) is 0.567. The molecular weight excluding hydrogens is 298 g/mol. The van der Waals surface area contributed by atoms with Crippen molar-refractivity contribution in [3.05, 3.63) is 0 Å². The molecule has 0 unspecified atom stereocenters. The first kappa shape index (κ1) is 21.3. The summed E-state index contributed by atoms with van der Waals surface area (Å²) in [6.45, 7) is 17.5. The number of nitrogens with zero attached hydrogens (tertiary/aromatic N) is 1. The molecule has 0 saturated carbocycles. The van der Waals surface area contributed by atoms with Crippen molar-refractivity contribution >= 4 is 17.0 Å². The summed E-state index contributed by atoms with van der Waals surface area (Å²) in [6, 6.07) is 0. The van der Waals surface area contributed by atoms with Gasteiger partial charge in [0.15, 0.2) is 0 Å². The zero-order chi connectivity index (χ0) is 16.8. The van der Waals surface area contributed by atoms with E-state index in [1.807, 2.05) is 0 Å². The first-order valence-electron chi connectivity index (χ1n) is 8.08. The van der Waals surface area contributed by atoms with E-state index in [4.69, 9.17) is 13.3 Å². The third kappa shape index (κ3) is 4.17. The molecule has 4 nitrogen and oxygen atoms in total. The molecular formula is C15H37NO3Si2. The zero-order valence-electron chi connectivity index (χ0n) is 15.8. The molecule has 0 aromatic carbocycles. The maximum Gasteiger partial charge on any atom is 0.514 e. The lowest BCUT2D eigenvalue weighted by Crippen LogP contribution is -2.66. The highest BCUT2D eigenvalue weighted by atomic mass is 28.4. The van der Waals surface area contributed by atoms with E-state index >= 15 is 0 Å². The number of hydrogen-bond donors (Lipinski definition) is 0. The molecule has 0 radical (unpaired) electrons. The molecule has 0 saturated heterocycles. The van der Waals surface area contributed by atoms with Crippen LogP contribution in [-0.4, -0.2) is 55.6 Å². The first-order chi connectivity index (χ1) is 9.68. The second-order valence-electron chi connectivity index (χ2n) is 6.66. The normalized spacial score (nSPS) is 14.0. The van der Waals surface area contributed by atoms with Crippen LogP contribution in [0.5, 0.6) is 0 Å². The van der Waals surface area contributed by atoms with Crippen LogP contribution in [0.2, 0.25) is 16.6 Å². The smallest absolute Gasteiger partial charge is 0.376 e. The third-order valence-corrected chi connectivity index (χ3v) is 15.1. The van der Waals surface area contributed by atoms with E-state index in [0.717, 1.165) is 12.7 Å². The average Bonchev–Trinajstić information content (AvgIpc) is 2.42. The molecule has 6 heteroatoms. The van der Waals surface area contributed by atoms with Crippen molar-refractivity contribution in [3.63, 3.8) is 0 Å². The lowest BCUT2D eigenvalue weighted by Gasteiger charge is -2.52. The molecule has 21 heavy (non-hydrogen) atoms. The van der Waals surface area contributed by atoms with Crippen LogP contribution < -0.4 is 0 Å². The first-order valence-corrected chi connectivity index (χ1v) is 12.2. The van der Waals surface area contributed by atoms with Crippen molar-refractivity contribution < 1.29 is 13.3 Å². The fourth-order valence-electron chi connectivity index (χ4n) is 4.30. The van der Waals surface area contributed by atoms with Gasteiger partial charge in [-0.15, -0.1) is 0 Å². The lowest BCUT2D eigenvalue weighted by molar-refractivity contribution is 0.113. The molecule has 0 heterocycles. The van der Waals surface area contributed by atoms with Crippen LogP contribution in [0.15, 0.2) is 0 Å². The van der Waals surface area contributed by atoms with Gasteiger partial charge in [-0.05, 0) is 23.2 Å². The van der Waals surface area contributed by atoms with Crippen molar-refractivity contribution in [3.8, 4) is 0 Å². The van der Waals surface area contributed by atoms with Gasteiger partial charge in [-0.3, -0.25) is 0 Å². The highest BCUT2D eigenvalue weighted by Gasteiger charge is 2.52. The van der Waals surface area contributed by atoms with Gasteiger partial charge in [0.1, 0.15) is 8.24 Å². The summed E-state index contributed by atoms with van der Waals surface area (Å²) >= 11 is 0. The Morgan fingerprint density at radius 3 is 1.29 bits per heavy atom. The van der Waals surface area contributed by atoms with Crippen LogP contribution in [0, 0.1) is 0 Å². The minimum atomic E-state index is -2.59. The molecule has 0 aromatic heterocycles. The molecule has 0 rings (SSSR count). The van der Waals surface area contributed by atoms with E-state index in [-0.39, 0.29) is 0 Å².